The summed E-state index contributed by atoms with van der Waals surface area (Å²) in [7, 11) is 0. The fourth-order valence-electron chi connectivity index (χ4n) is 3.13. The second kappa shape index (κ2) is 7.44. The monoisotopic (exact) mass is 342 g/mol. The number of hydrogen-bond donors (Lipinski definition) is 3. The zero-order chi connectivity index (χ0) is 16.9. The van der Waals surface area contributed by atoms with Gasteiger partial charge in [-0.15, -0.1) is 11.3 Å². The molecule has 0 aliphatic heterocycles. The summed E-state index contributed by atoms with van der Waals surface area (Å²) < 4.78 is 0. The van der Waals surface area contributed by atoms with E-state index in [1.807, 2.05) is 23.6 Å². The molecule has 0 unspecified atom stereocenters. The molecule has 0 atom stereocenters. The van der Waals surface area contributed by atoms with Crippen LogP contribution in [0.5, 0.6) is 0 Å². The Labute approximate surface area is 145 Å². The normalized spacial score (nSPS) is 15.0. The van der Waals surface area contributed by atoms with Crippen LogP contribution in [0, 0.1) is 5.41 Å². The average molecular weight is 342 g/mol. The maximum atomic E-state index is 7.83. The third-order valence-electron chi connectivity index (χ3n) is 4.26. The number of hydrogen-bond acceptors (Lipinski definition) is 4. The maximum Gasteiger partial charge on any atom is 0.212 e. The van der Waals surface area contributed by atoms with Gasteiger partial charge in [0.15, 0.2) is 5.96 Å². The first-order chi connectivity index (χ1) is 11.7. The van der Waals surface area contributed by atoms with Crippen molar-refractivity contribution in [2.45, 2.75) is 38.1 Å². The van der Waals surface area contributed by atoms with Crippen molar-refractivity contribution in [2.24, 2.45) is 16.5 Å². The molecule has 1 heterocycles. The van der Waals surface area contributed by atoms with Crippen molar-refractivity contribution >= 4 is 34.5 Å². The smallest absolute Gasteiger partial charge is 0.212 e. The Kier molecular flexibility index (Phi) is 5.10. The van der Waals surface area contributed by atoms with Crippen LogP contribution in [0.3, 0.4) is 0 Å². The van der Waals surface area contributed by atoms with E-state index < -0.39 is 0 Å². The third-order valence-corrected chi connectivity index (χ3v) is 5.00. The molecule has 7 heteroatoms. The molecule has 0 radical (unpaired) electrons. The Morgan fingerprint density at radius 1 is 1.29 bits per heavy atom. The molecule has 6 nitrogen and oxygen atoms in total. The van der Waals surface area contributed by atoms with Gasteiger partial charge in [0.25, 0.3) is 0 Å². The summed E-state index contributed by atoms with van der Waals surface area (Å²) in [6.45, 7) is 0. The summed E-state index contributed by atoms with van der Waals surface area (Å²) in [5, 5.41) is 10.3. The highest BCUT2D eigenvalue weighted by molar-refractivity contribution is 7.13. The number of benzene rings is 1. The van der Waals surface area contributed by atoms with Gasteiger partial charge in [0.1, 0.15) is 0 Å². The summed E-state index contributed by atoms with van der Waals surface area (Å²) in [5.41, 5.74) is 13.7. The number of anilines is 1. The summed E-state index contributed by atoms with van der Waals surface area (Å²) >= 11 is 1.40. The van der Waals surface area contributed by atoms with E-state index in [1.54, 1.807) is 0 Å². The zero-order valence-corrected chi connectivity index (χ0v) is 14.3. The Morgan fingerprint density at radius 2 is 2.08 bits per heavy atom. The molecule has 1 aliphatic carbocycles. The van der Waals surface area contributed by atoms with E-state index in [1.165, 1.54) is 36.9 Å². The van der Waals surface area contributed by atoms with E-state index in [0.717, 1.165) is 29.8 Å². The summed E-state index contributed by atoms with van der Waals surface area (Å²) in [6.07, 6.45) is 7.51. The number of rotatable bonds is 5. The Balaban J connectivity index is 1.86. The van der Waals surface area contributed by atoms with Gasteiger partial charge in [-0.1, -0.05) is 31.4 Å². The van der Waals surface area contributed by atoms with Crippen LogP contribution in [-0.2, 0) is 0 Å². The second-order valence-electron chi connectivity index (χ2n) is 5.93. The van der Waals surface area contributed by atoms with E-state index >= 15 is 0 Å². The van der Waals surface area contributed by atoms with Crippen LogP contribution in [0.25, 0.3) is 11.3 Å². The fraction of sp³-hybridized carbons (Fsp3) is 0.353. The second-order valence-corrected chi connectivity index (χ2v) is 6.77. The van der Waals surface area contributed by atoms with Crippen molar-refractivity contribution in [3.63, 3.8) is 0 Å². The van der Waals surface area contributed by atoms with E-state index in [4.69, 9.17) is 16.9 Å². The van der Waals surface area contributed by atoms with Gasteiger partial charge < -0.3 is 16.4 Å². The number of aromatic nitrogens is 1. The molecule has 1 aromatic heterocycles. The van der Waals surface area contributed by atoms with Crippen LogP contribution in [0.4, 0.5) is 10.8 Å². The van der Waals surface area contributed by atoms with Gasteiger partial charge in [-0.05, 0) is 25.0 Å². The molecule has 24 heavy (non-hydrogen) atoms. The van der Waals surface area contributed by atoms with Gasteiger partial charge in [0, 0.05) is 22.7 Å². The summed E-state index contributed by atoms with van der Waals surface area (Å²) in [6, 6.07) is 8.56. The summed E-state index contributed by atoms with van der Waals surface area (Å²) in [5.74, 6) is 0.0110. The minimum Gasteiger partial charge on any atom is -0.370 e. The lowest BCUT2D eigenvalue weighted by Gasteiger charge is -2.32. The number of nitrogens with zero attached hydrogens (tertiary/aromatic N) is 3. The van der Waals surface area contributed by atoms with Crippen LogP contribution in [0.1, 0.15) is 32.1 Å². The predicted molar refractivity (Wildman–Crippen MR) is 101 cm³/mol. The maximum absolute atomic E-state index is 7.83. The van der Waals surface area contributed by atoms with E-state index in [2.05, 4.69) is 20.9 Å². The molecule has 0 bridgehead atoms. The molecule has 1 aliphatic rings. The molecule has 3 rings (SSSR count). The quantitative estimate of drug-likeness (QED) is 0.571. The molecule has 1 aromatic carbocycles. The van der Waals surface area contributed by atoms with Crippen LogP contribution >= 0.6 is 11.3 Å². The van der Waals surface area contributed by atoms with E-state index in [9.17, 15) is 0 Å². The largest absolute Gasteiger partial charge is 0.370 e. The van der Waals surface area contributed by atoms with Crippen molar-refractivity contribution in [3.8, 4) is 11.3 Å². The van der Waals surface area contributed by atoms with Crippen molar-refractivity contribution in [2.75, 3.05) is 4.90 Å². The van der Waals surface area contributed by atoms with Crippen LogP contribution in [0.2, 0.25) is 0 Å². The SMILES string of the molecule is N=CN(c1cccc(-c2csc(N=C(N)N)n2)c1)C1CCCCC1. The molecule has 126 valence electrons. The highest BCUT2D eigenvalue weighted by Crippen LogP contribution is 2.31. The third kappa shape index (κ3) is 3.73. The first-order valence-electron chi connectivity index (χ1n) is 8.12. The molecular formula is C17H22N6S. The lowest BCUT2D eigenvalue weighted by molar-refractivity contribution is 0.441. The van der Waals surface area contributed by atoms with Gasteiger partial charge in [-0.3, -0.25) is 5.41 Å². The lowest BCUT2D eigenvalue weighted by atomic mass is 9.94. The Hall–Kier alpha value is -2.41. The van der Waals surface area contributed by atoms with Gasteiger partial charge >= 0.3 is 0 Å². The molecular weight excluding hydrogens is 320 g/mol. The first kappa shape index (κ1) is 16.4. The van der Waals surface area contributed by atoms with Crippen LogP contribution in [0.15, 0.2) is 34.6 Å². The molecule has 5 N–H and O–H groups in total. The minimum absolute atomic E-state index is 0.0110. The zero-order valence-electron chi connectivity index (χ0n) is 13.5. The first-order valence-corrected chi connectivity index (χ1v) is 9.00. The molecule has 1 saturated carbocycles. The van der Waals surface area contributed by atoms with Gasteiger partial charge in [0.05, 0.1) is 12.0 Å². The number of nitrogens with one attached hydrogen (secondary N) is 1. The topological polar surface area (TPSA) is 104 Å². The highest BCUT2D eigenvalue weighted by Gasteiger charge is 2.20. The van der Waals surface area contributed by atoms with Crippen molar-refractivity contribution < 1.29 is 0 Å². The number of guanidine groups is 1. The lowest BCUT2D eigenvalue weighted by Crippen LogP contribution is -2.35. The van der Waals surface area contributed by atoms with E-state index in [0.29, 0.717) is 11.2 Å². The predicted octanol–water partition coefficient (Wildman–Crippen LogP) is 3.46. The van der Waals surface area contributed by atoms with Gasteiger partial charge in [-0.2, -0.15) is 4.99 Å². The van der Waals surface area contributed by atoms with Gasteiger partial charge in [0.2, 0.25) is 5.13 Å². The number of thiazole rings is 1. The van der Waals surface area contributed by atoms with Gasteiger partial charge in [-0.25, -0.2) is 4.98 Å². The van der Waals surface area contributed by atoms with Crippen LogP contribution in [-0.4, -0.2) is 23.3 Å². The molecule has 2 aromatic rings. The van der Waals surface area contributed by atoms with Crippen molar-refractivity contribution in [1.29, 1.82) is 5.41 Å². The molecule has 0 amide bonds. The number of aliphatic imine (C=N–C) groups is 1. The average Bonchev–Trinajstić information content (AvgIpc) is 3.05. The molecule has 0 saturated heterocycles. The van der Waals surface area contributed by atoms with Crippen LogP contribution < -0.4 is 16.4 Å². The Morgan fingerprint density at radius 3 is 2.79 bits per heavy atom. The Bertz CT molecular complexity index is 728. The minimum atomic E-state index is 0.0110. The summed E-state index contributed by atoms with van der Waals surface area (Å²) in [4.78, 5) is 10.5. The molecule has 1 fully saturated rings. The number of nitrogens with two attached hydrogens (primary N) is 2. The highest BCUT2D eigenvalue weighted by atomic mass is 32.1. The van der Waals surface area contributed by atoms with E-state index in [-0.39, 0.29) is 5.96 Å². The standard InChI is InChI=1S/C17H22N6S/c18-11-23(13-6-2-1-3-7-13)14-8-4-5-12(9-14)15-10-24-17(21-15)22-16(19)20/h4-5,8-11,13,18H,1-3,6-7H2,(H4,19,20,21,22). The fourth-order valence-corrected chi connectivity index (χ4v) is 3.85. The van der Waals surface area contributed by atoms with Crippen molar-refractivity contribution in [3.05, 3.63) is 29.6 Å². The van der Waals surface area contributed by atoms with Crippen molar-refractivity contribution in [1.82, 2.24) is 4.98 Å². The molecule has 0 spiro atoms.